The molecule has 0 saturated heterocycles. The minimum absolute atomic E-state index is 0.0891. The van der Waals surface area contributed by atoms with Crippen molar-refractivity contribution in [2.45, 2.75) is 25.3 Å². The highest BCUT2D eigenvalue weighted by Gasteiger charge is 2.28. The predicted molar refractivity (Wildman–Crippen MR) is 62.9 cm³/mol. The highest BCUT2D eigenvalue weighted by atomic mass is 16.4. The molecule has 0 bridgehead atoms. The van der Waals surface area contributed by atoms with Gasteiger partial charge >= 0.3 is 5.97 Å². The van der Waals surface area contributed by atoms with Crippen LogP contribution in [-0.4, -0.2) is 33.0 Å². The molecule has 1 aromatic heterocycles. The number of aromatic carboxylic acids is 1. The van der Waals surface area contributed by atoms with Gasteiger partial charge in [0.1, 0.15) is 5.82 Å². The van der Waals surface area contributed by atoms with Gasteiger partial charge in [-0.1, -0.05) is 0 Å². The fraction of sp³-hybridized carbons (Fsp3) is 0.455. The molecule has 1 fully saturated rings. The van der Waals surface area contributed by atoms with Crippen molar-refractivity contribution in [1.82, 2.24) is 9.97 Å². The zero-order chi connectivity index (χ0) is 13.1. The maximum absolute atomic E-state index is 11.0. The number of nitrogens with one attached hydrogen (secondary N) is 1. The average molecular weight is 250 g/mol. The first kappa shape index (κ1) is 12.3. The van der Waals surface area contributed by atoms with E-state index in [1.165, 1.54) is 12.4 Å². The smallest absolute Gasteiger partial charge is 0.356 e. The van der Waals surface area contributed by atoms with E-state index in [2.05, 4.69) is 15.3 Å². The topological polar surface area (TPSA) is 118 Å². The number of rotatable bonds is 4. The first-order valence-corrected chi connectivity index (χ1v) is 5.67. The van der Waals surface area contributed by atoms with Gasteiger partial charge in [0.2, 0.25) is 5.91 Å². The fourth-order valence-corrected chi connectivity index (χ4v) is 2.09. The van der Waals surface area contributed by atoms with Crippen molar-refractivity contribution in [3.8, 4) is 0 Å². The van der Waals surface area contributed by atoms with E-state index < -0.39 is 5.97 Å². The Morgan fingerprint density at radius 1 is 1.33 bits per heavy atom. The summed E-state index contributed by atoms with van der Waals surface area (Å²) in [7, 11) is 0. The number of hydrogen-bond donors (Lipinski definition) is 3. The molecule has 2 rings (SSSR count). The number of carbonyl (C=O) groups is 2. The van der Waals surface area contributed by atoms with E-state index in [0.29, 0.717) is 12.2 Å². The summed E-state index contributed by atoms with van der Waals surface area (Å²) in [6.07, 6.45) is 4.87. The lowest BCUT2D eigenvalue weighted by Crippen LogP contribution is -2.23. The van der Waals surface area contributed by atoms with Crippen molar-refractivity contribution >= 4 is 17.7 Å². The fourth-order valence-electron chi connectivity index (χ4n) is 2.09. The predicted octanol–water partition coefficient (Wildman–Crippen LogP) is 0.241. The van der Waals surface area contributed by atoms with Crippen LogP contribution in [-0.2, 0) is 4.79 Å². The summed E-state index contributed by atoms with van der Waals surface area (Å²) in [5.41, 5.74) is 5.15. The van der Waals surface area contributed by atoms with Gasteiger partial charge in [-0.15, -0.1) is 0 Å². The normalized spacial score (nSPS) is 22.7. The summed E-state index contributed by atoms with van der Waals surface area (Å²) in [6, 6.07) is 0.132. The Hall–Kier alpha value is -2.18. The van der Waals surface area contributed by atoms with Crippen LogP contribution in [0.1, 0.15) is 29.8 Å². The third-order valence-electron chi connectivity index (χ3n) is 3.06. The monoisotopic (exact) mass is 250 g/mol. The van der Waals surface area contributed by atoms with Crippen LogP contribution in [0.25, 0.3) is 0 Å². The number of carbonyl (C=O) groups excluding carboxylic acids is 1. The Morgan fingerprint density at radius 2 is 2.11 bits per heavy atom. The highest BCUT2D eigenvalue weighted by Crippen LogP contribution is 2.27. The molecule has 0 aromatic carbocycles. The van der Waals surface area contributed by atoms with Gasteiger partial charge in [0.25, 0.3) is 0 Å². The van der Waals surface area contributed by atoms with E-state index in [0.717, 1.165) is 12.8 Å². The minimum Gasteiger partial charge on any atom is -0.476 e. The van der Waals surface area contributed by atoms with Gasteiger partial charge in [-0.25, -0.2) is 14.8 Å². The SMILES string of the molecule is NC(=O)[C@@H]1CC[C@H](Nc2cnc(C(=O)O)cn2)C1. The molecule has 7 heteroatoms. The summed E-state index contributed by atoms with van der Waals surface area (Å²) in [5, 5.41) is 11.8. The number of carboxylic acids is 1. The summed E-state index contributed by atoms with van der Waals surface area (Å²) in [6.45, 7) is 0. The quantitative estimate of drug-likeness (QED) is 0.704. The van der Waals surface area contributed by atoms with E-state index in [4.69, 9.17) is 10.8 Å². The zero-order valence-corrected chi connectivity index (χ0v) is 9.67. The van der Waals surface area contributed by atoms with E-state index in [9.17, 15) is 9.59 Å². The Labute approximate surface area is 103 Å². The second-order valence-corrected chi connectivity index (χ2v) is 4.35. The van der Waals surface area contributed by atoms with Crippen LogP contribution in [0.15, 0.2) is 12.4 Å². The third kappa shape index (κ3) is 2.73. The molecule has 18 heavy (non-hydrogen) atoms. The molecule has 1 aliphatic carbocycles. The third-order valence-corrected chi connectivity index (χ3v) is 3.06. The number of carboxylic acid groups (broad SMARTS) is 1. The number of primary amides is 1. The molecule has 0 aliphatic heterocycles. The van der Waals surface area contributed by atoms with Gasteiger partial charge in [-0.05, 0) is 19.3 Å². The molecule has 0 spiro atoms. The van der Waals surface area contributed by atoms with Crippen LogP contribution in [0.3, 0.4) is 0 Å². The molecule has 7 nitrogen and oxygen atoms in total. The molecule has 96 valence electrons. The van der Waals surface area contributed by atoms with Crippen LogP contribution in [0, 0.1) is 5.92 Å². The Bertz CT molecular complexity index is 460. The minimum atomic E-state index is -1.11. The second kappa shape index (κ2) is 4.99. The van der Waals surface area contributed by atoms with Gasteiger partial charge in [-0.3, -0.25) is 4.79 Å². The largest absolute Gasteiger partial charge is 0.476 e. The van der Waals surface area contributed by atoms with E-state index in [-0.39, 0.29) is 23.6 Å². The standard InChI is InChI=1S/C11H14N4O3/c12-10(16)6-1-2-7(3-6)15-9-5-13-8(4-14-9)11(17)18/h4-7H,1-3H2,(H2,12,16)(H,14,15)(H,17,18)/t6-,7+/m1/s1. The van der Waals surface area contributed by atoms with Gasteiger partial charge in [0, 0.05) is 12.0 Å². The van der Waals surface area contributed by atoms with Crippen molar-refractivity contribution < 1.29 is 14.7 Å². The van der Waals surface area contributed by atoms with Crippen LogP contribution in [0.4, 0.5) is 5.82 Å². The maximum Gasteiger partial charge on any atom is 0.356 e. The lowest BCUT2D eigenvalue weighted by atomic mass is 10.1. The summed E-state index contributed by atoms with van der Waals surface area (Å²) >= 11 is 0. The number of anilines is 1. The molecule has 1 heterocycles. The Kier molecular flexibility index (Phi) is 3.40. The number of nitrogens with two attached hydrogens (primary N) is 1. The van der Waals surface area contributed by atoms with Crippen molar-refractivity contribution in [3.05, 3.63) is 18.1 Å². The lowest BCUT2D eigenvalue weighted by Gasteiger charge is -2.12. The number of amides is 1. The van der Waals surface area contributed by atoms with Crippen LogP contribution in [0.2, 0.25) is 0 Å². The average Bonchev–Trinajstić information content (AvgIpc) is 2.78. The molecule has 4 N–H and O–H groups in total. The van der Waals surface area contributed by atoms with Crippen LogP contribution in [0.5, 0.6) is 0 Å². The summed E-state index contributed by atoms with van der Waals surface area (Å²) in [4.78, 5) is 29.3. The van der Waals surface area contributed by atoms with Gasteiger partial charge in [-0.2, -0.15) is 0 Å². The Balaban J connectivity index is 1.94. The lowest BCUT2D eigenvalue weighted by molar-refractivity contribution is -0.121. The van der Waals surface area contributed by atoms with Crippen molar-refractivity contribution in [2.75, 3.05) is 5.32 Å². The highest BCUT2D eigenvalue weighted by molar-refractivity contribution is 5.84. The van der Waals surface area contributed by atoms with Crippen molar-refractivity contribution in [2.24, 2.45) is 11.7 Å². The number of hydrogen-bond acceptors (Lipinski definition) is 5. The Morgan fingerprint density at radius 3 is 2.61 bits per heavy atom. The molecule has 1 amide bonds. The molecule has 1 saturated carbocycles. The number of nitrogens with zero attached hydrogens (tertiary/aromatic N) is 2. The van der Waals surface area contributed by atoms with Gasteiger partial charge in [0.05, 0.1) is 12.4 Å². The molecular weight excluding hydrogens is 236 g/mol. The van der Waals surface area contributed by atoms with E-state index in [1.54, 1.807) is 0 Å². The van der Waals surface area contributed by atoms with E-state index in [1.807, 2.05) is 0 Å². The molecule has 2 atom stereocenters. The van der Waals surface area contributed by atoms with Crippen LogP contribution >= 0.6 is 0 Å². The van der Waals surface area contributed by atoms with Gasteiger partial charge in [0.15, 0.2) is 5.69 Å². The van der Waals surface area contributed by atoms with Crippen molar-refractivity contribution in [1.29, 1.82) is 0 Å². The second-order valence-electron chi connectivity index (χ2n) is 4.35. The van der Waals surface area contributed by atoms with E-state index >= 15 is 0 Å². The molecule has 1 aliphatic rings. The van der Waals surface area contributed by atoms with Gasteiger partial charge < -0.3 is 16.2 Å². The summed E-state index contributed by atoms with van der Waals surface area (Å²) < 4.78 is 0. The summed E-state index contributed by atoms with van der Waals surface area (Å²) in [5.74, 6) is -0.959. The van der Waals surface area contributed by atoms with Crippen molar-refractivity contribution in [3.63, 3.8) is 0 Å². The molecule has 0 radical (unpaired) electrons. The maximum atomic E-state index is 11.0. The zero-order valence-electron chi connectivity index (χ0n) is 9.67. The molecular formula is C11H14N4O3. The first-order valence-electron chi connectivity index (χ1n) is 5.67. The molecule has 0 unspecified atom stereocenters. The molecule has 1 aromatic rings. The number of aromatic nitrogens is 2. The first-order chi connectivity index (χ1) is 8.56. The van der Waals surface area contributed by atoms with Crippen LogP contribution < -0.4 is 11.1 Å².